The van der Waals surface area contributed by atoms with Crippen LogP contribution in [0.2, 0.25) is 15.1 Å². The zero-order chi connectivity index (χ0) is 21.3. The molecule has 0 aromatic heterocycles. The maximum Gasteiger partial charge on any atom is 0.411 e. The van der Waals surface area contributed by atoms with Crippen molar-refractivity contribution in [2.45, 2.75) is 18.4 Å². The third kappa shape index (κ3) is 4.77. The monoisotopic (exact) mass is 468 g/mol. The molecule has 2 aliphatic rings. The standard InChI is InChI=1S/C21H19Cl3N2O4/c22-13-1-3-14(4-2-13)25-20(28)30-10-12-8-21(9-16(12)21)26-19(27)11-29-15-5-6-17(23)18(24)7-15/h1-7,12,16H,8-11H2,(H,25,28)(H,26,27). The minimum Gasteiger partial charge on any atom is -0.484 e. The molecule has 2 saturated carbocycles. The molecule has 0 spiro atoms. The molecule has 0 heterocycles. The van der Waals surface area contributed by atoms with Gasteiger partial charge in [0, 0.05) is 28.2 Å². The summed E-state index contributed by atoms with van der Waals surface area (Å²) in [6, 6.07) is 11.6. The Kier molecular flexibility index (Phi) is 6.00. The van der Waals surface area contributed by atoms with Crippen molar-refractivity contribution in [3.63, 3.8) is 0 Å². The van der Waals surface area contributed by atoms with E-state index in [0.717, 1.165) is 12.8 Å². The van der Waals surface area contributed by atoms with E-state index in [2.05, 4.69) is 10.6 Å². The van der Waals surface area contributed by atoms with Gasteiger partial charge < -0.3 is 14.8 Å². The number of amides is 2. The van der Waals surface area contributed by atoms with Crippen LogP contribution in [0.1, 0.15) is 12.8 Å². The minimum absolute atomic E-state index is 0.100. The van der Waals surface area contributed by atoms with Crippen LogP contribution >= 0.6 is 34.8 Å². The molecule has 2 aromatic rings. The van der Waals surface area contributed by atoms with E-state index >= 15 is 0 Å². The van der Waals surface area contributed by atoms with E-state index in [-0.39, 0.29) is 24.0 Å². The van der Waals surface area contributed by atoms with E-state index < -0.39 is 6.09 Å². The van der Waals surface area contributed by atoms with Gasteiger partial charge in [-0.05, 0) is 55.2 Å². The molecule has 3 unspecified atom stereocenters. The molecule has 4 rings (SSSR count). The summed E-state index contributed by atoms with van der Waals surface area (Å²) in [6.45, 7) is 0.221. The zero-order valence-electron chi connectivity index (χ0n) is 15.8. The van der Waals surface area contributed by atoms with Gasteiger partial charge in [0.05, 0.1) is 16.7 Å². The number of hydrogen-bond acceptors (Lipinski definition) is 4. The van der Waals surface area contributed by atoms with Crippen molar-refractivity contribution < 1.29 is 19.1 Å². The Balaban J connectivity index is 1.16. The molecule has 30 heavy (non-hydrogen) atoms. The number of halogens is 3. The number of fused-ring (bicyclic) bond motifs is 1. The van der Waals surface area contributed by atoms with Crippen molar-refractivity contribution in [2.24, 2.45) is 11.8 Å². The number of carbonyl (C=O) groups is 2. The third-order valence-electron chi connectivity index (χ3n) is 5.50. The average molecular weight is 470 g/mol. The summed E-state index contributed by atoms with van der Waals surface area (Å²) in [7, 11) is 0. The molecule has 2 aromatic carbocycles. The summed E-state index contributed by atoms with van der Waals surface area (Å²) in [5.74, 6) is 0.867. The van der Waals surface area contributed by atoms with E-state index in [4.69, 9.17) is 44.3 Å². The maximum absolute atomic E-state index is 12.2. The van der Waals surface area contributed by atoms with Crippen molar-refractivity contribution >= 4 is 52.5 Å². The van der Waals surface area contributed by atoms with Crippen molar-refractivity contribution in [3.8, 4) is 5.75 Å². The van der Waals surface area contributed by atoms with Gasteiger partial charge in [0.1, 0.15) is 5.75 Å². The highest BCUT2D eigenvalue weighted by atomic mass is 35.5. The number of nitrogens with one attached hydrogen (secondary N) is 2. The van der Waals surface area contributed by atoms with E-state index in [9.17, 15) is 9.59 Å². The Hall–Kier alpha value is -2.15. The highest BCUT2D eigenvalue weighted by molar-refractivity contribution is 6.42. The largest absolute Gasteiger partial charge is 0.484 e. The van der Waals surface area contributed by atoms with E-state index in [0.29, 0.717) is 39.0 Å². The Morgan fingerprint density at radius 1 is 1.03 bits per heavy atom. The summed E-state index contributed by atoms with van der Waals surface area (Å²) < 4.78 is 10.8. The van der Waals surface area contributed by atoms with Crippen molar-refractivity contribution in [3.05, 3.63) is 57.5 Å². The van der Waals surface area contributed by atoms with Gasteiger partial charge in [-0.2, -0.15) is 0 Å². The lowest BCUT2D eigenvalue weighted by Crippen LogP contribution is -2.50. The third-order valence-corrected chi connectivity index (χ3v) is 6.49. The van der Waals surface area contributed by atoms with Gasteiger partial charge in [0.2, 0.25) is 0 Å². The first kappa shape index (κ1) is 21.1. The summed E-state index contributed by atoms with van der Waals surface area (Å²) >= 11 is 17.6. The lowest BCUT2D eigenvalue weighted by Gasteiger charge is -2.34. The fourth-order valence-electron chi connectivity index (χ4n) is 3.90. The van der Waals surface area contributed by atoms with Crippen LogP contribution in [0.3, 0.4) is 0 Å². The van der Waals surface area contributed by atoms with Crippen molar-refractivity contribution in [1.82, 2.24) is 5.32 Å². The van der Waals surface area contributed by atoms with Gasteiger partial charge in [0.15, 0.2) is 6.61 Å². The Morgan fingerprint density at radius 3 is 2.50 bits per heavy atom. The lowest BCUT2D eigenvalue weighted by molar-refractivity contribution is -0.125. The van der Waals surface area contributed by atoms with Crippen LogP contribution < -0.4 is 15.4 Å². The van der Waals surface area contributed by atoms with Crippen LogP contribution in [-0.2, 0) is 9.53 Å². The van der Waals surface area contributed by atoms with Gasteiger partial charge in [-0.3, -0.25) is 10.1 Å². The first-order chi connectivity index (χ1) is 14.3. The molecule has 158 valence electrons. The molecule has 6 nitrogen and oxygen atoms in total. The Labute approximate surface area is 188 Å². The predicted octanol–water partition coefficient (Wildman–Crippen LogP) is 5.17. The van der Waals surface area contributed by atoms with Gasteiger partial charge in [-0.1, -0.05) is 34.8 Å². The summed E-state index contributed by atoms with van der Waals surface area (Å²) in [5.41, 5.74) is 0.437. The molecule has 2 fully saturated rings. The van der Waals surface area contributed by atoms with Gasteiger partial charge in [-0.15, -0.1) is 0 Å². The fourth-order valence-corrected chi connectivity index (χ4v) is 4.32. The molecule has 2 aliphatic carbocycles. The molecule has 0 saturated heterocycles. The molecular weight excluding hydrogens is 451 g/mol. The topological polar surface area (TPSA) is 76.7 Å². The van der Waals surface area contributed by atoms with E-state index in [1.807, 2.05) is 0 Å². The molecule has 0 aliphatic heterocycles. The molecule has 2 N–H and O–H groups in total. The molecule has 3 atom stereocenters. The van der Waals surface area contributed by atoms with Crippen LogP contribution in [-0.4, -0.2) is 30.8 Å². The normalized spacial score (nSPS) is 23.6. The number of ether oxygens (including phenoxy) is 2. The highest BCUT2D eigenvalue weighted by Gasteiger charge is 2.68. The summed E-state index contributed by atoms with van der Waals surface area (Å²) in [6.07, 6.45) is 1.16. The van der Waals surface area contributed by atoms with Crippen LogP contribution in [0.4, 0.5) is 10.5 Å². The Bertz CT molecular complexity index is 969. The quantitative estimate of drug-likeness (QED) is 0.586. The first-order valence-electron chi connectivity index (χ1n) is 9.43. The smallest absolute Gasteiger partial charge is 0.411 e. The predicted molar refractivity (Wildman–Crippen MR) is 115 cm³/mol. The van der Waals surface area contributed by atoms with E-state index in [1.54, 1.807) is 42.5 Å². The number of hydrogen-bond donors (Lipinski definition) is 2. The second-order valence-corrected chi connectivity index (χ2v) is 8.82. The molecule has 0 bridgehead atoms. The van der Waals surface area contributed by atoms with Crippen LogP contribution in [0, 0.1) is 11.8 Å². The maximum atomic E-state index is 12.2. The second-order valence-electron chi connectivity index (χ2n) is 7.57. The van der Waals surface area contributed by atoms with Crippen LogP contribution in [0.5, 0.6) is 5.75 Å². The molecule has 9 heteroatoms. The van der Waals surface area contributed by atoms with Gasteiger partial charge in [-0.25, -0.2) is 4.79 Å². The lowest BCUT2D eigenvalue weighted by atomic mass is 9.81. The second kappa shape index (κ2) is 8.53. The number of rotatable bonds is 7. The summed E-state index contributed by atoms with van der Waals surface area (Å²) in [5, 5.41) is 7.09. The Morgan fingerprint density at radius 2 is 1.80 bits per heavy atom. The van der Waals surface area contributed by atoms with Crippen molar-refractivity contribution in [2.75, 3.05) is 18.5 Å². The molecule has 2 amide bonds. The van der Waals surface area contributed by atoms with E-state index in [1.165, 1.54) is 0 Å². The SMILES string of the molecule is O=C(COc1ccc(Cl)c(Cl)c1)NC12CC(COC(=O)Nc3ccc(Cl)cc3)C1C2. The number of benzene rings is 2. The number of anilines is 1. The zero-order valence-corrected chi connectivity index (χ0v) is 18.1. The summed E-state index contributed by atoms with van der Waals surface area (Å²) in [4.78, 5) is 24.1. The minimum atomic E-state index is -0.505. The van der Waals surface area contributed by atoms with Gasteiger partial charge in [0.25, 0.3) is 5.91 Å². The first-order valence-corrected chi connectivity index (χ1v) is 10.6. The van der Waals surface area contributed by atoms with Crippen LogP contribution in [0.15, 0.2) is 42.5 Å². The average Bonchev–Trinajstić information content (AvgIpc) is 3.28. The van der Waals surface area contributed by atoms with Crippen LogP contribution in [0.25, 0.3) is 0 Å². The fraction of sp³-hybridized carbons (Fsp3) is 0.333. The highest BCUT2D eigenvalue weighted by Crippen LogP contribution is 2.63. The number of carbonyl (C=O) groups excluding carboxylic acids is 2. The molecular formula is C21H19Cl3N2O4. The van der Waals surface area contributed by atoms with Gasteiger partial charge >= 0.3 is 6.09 Å². The van der Waals surface area contributed by atoms with Crippen molar-refractivity contribution in [1.29, 1.82) is 0 Å². The molecule has 0 radical (unpaired) electrons.